The van der Waals surface area contributed by atoms with E-state index in [1.165, 1.54) is 11.1 Å². The third-order valence-corrected chi connectivity index (χ3v) is 4.18. The van der Waals surface area contributed by atoms with Gasteiger partial charge in [0.25, 0.3) is 0 Å². The van der Waals surface area contributed by atoms with Crippen LogP contribution in [0.15, 0.2) is 30.5 Å². The number of fused-ring (bicyclic) bond motifs is 1. The van der Waals surface area contributed by atoms with Crippen molar-refractivity contribution >= 4 is 17.3 Å². The van der Waals surface area contributed by atoms with Crippen molar-refractivity contribution in [2.24, 2.45) is 0 Å². The second-order valence-electron chi connectivity index (χ2n) is 5.13. The van der Waals surface area contributed by atoms with Crippen LogP contribution in [0.25, 0.3) is 0 Å². The molecule has 1 unspecified atom stereocenters. The van der Waals surface area contributed by atoms with Crippen molar-refractivity contribution in [2.45, 2.75) is 25.8 Å². The molecule has 0 aliphatic heterocycles. The van der Waals surface area contributed by atoms with Crippen LogP contribution in [0.4, 0.5) is 5.69 Å². The molecule has 0 spiro atoms. The fourth-order valence-electron chi connectivity index (χ4n) is 2.70. The van der Waals surface area contributed by atoms with E-state index in [0.717, 1.165) is 29.8 Å². The van der Waals surface area contributed by atoms with Gasteiger partial charge in [0.15, 0.2) is 0 Å². The number of ether oxygens (including phenoxy) is 1. The standard InChI is InChI=1S/C16H17ClN2O/c1-10-7-12(9-18-16(10)17)19-15-6-4-11-3-5-13(20-2)8-14(11)15/h3,5,7-9,15,19H,4,6H2,1-2H3. The molecule has 3 nitrogen and oxygen atoms in total. The molecule has 1 aliphatic rings. The summed E-state index contributed by atoms with van der Waals surface area (Å²) in [6, 6.07) is 8.64. The lowest BCUT2D eigenvalue weighted by molar-refractivity contribution is 0.414. The fraction of sp³-hybridized carbons (Fsp3) is 0.312. The largest absolute Gasteiger partial charge is 0.497 e. The first-order chi connectivity index (χ1) is 9.67. The highest BCUT2D eigenvalue weighted by molar-refractivity contribution is 6.30. The van der Waals surface area contributed by atoms with E-state index in [0.29, 0.717) is 11.2 Å². The number of nitrogens with one attached hydrogen (secondary N) is 1. The number of benzene rings is 1. The first kappa shape index (κ1) is 13.3. The fourth-order valence-corrected chi connectivity index (χ4v) is 2.80. The lowest BCUT2D eigenvalue weighted by Gasteiger charge is -2.16. The van der Waals surface area contributed by atoms with Gasteiger partial charge in [0.05, 0.1) is 25.0 Å². The zero-order valence-electron chi connectivity index (χ0n) is 11.6. The number of anilines is 1. The van der Waals surface area contributed by atoms with Gasteiger partial charge >= 0.3 is 0 Å². The Hall–Kier alpha value is -1.74. The number of methoxy groups -OCH3 is 1. The minimum absolute atomic E-state index is 0.308. The lowest BCUT2D eigenvalue weighted by atomic mass is 10.1. The van der Waals surface area contributed by atoms with Gasteiger partial charge in [-0.1, -0.05) is 17.7 Å². The van der Waals surface area contributed by atoms with Crippen molar-refractivity contribution < 1.29 is 4.74 Å². The number of aryl methyl sites for hydroxylation is 2. The number of hydrogen-bond acceptors (Lipinski definition) is 3. The van der Waals surface area contributed by atoms with Crippen LogP contribution >= 0.6 is 11.6 Å². The molecule has 3 rings (SSSR count). The van der Waals surface area contributed by atoms with Crippen molar-refractivity contribution in [3.8, 4) is 5.75 Å². The van der Waals surface area contributed by atoms with Crippen molar-refractivity contribution in [3.05, 3.63) is 52.3 Å². The van der Waals surface area contributed by atoms with Crippen LogP contribution in [0.3, 0.4) is 0 Å². The molecule has 4 heteroatoms. The van der Waals surface area contributed by atoms with Gasteiger partial charge in [-0.15, -0.1) is 0 Å². The number of aromatic nitrogens is 1. The summed E-state index contributed by atoms with van der Waals surface area (Å²) in [5.74, 6) is 0.905. The monoisotopic (exact) mass is 288 g/mol. The van der Waals surface area contributed by atoms with Crippen LogP contribution < -0.4 is 10.1 Å². The summed E-state index contributed by atoms with van der Waals surface area (Å²) in [6.45, 7) is 1.96. The summed E-state index contributed by atoms with van der Waals surface area (Å²) in [6.07, 6.45) is 3.97. The van der Waals surface area contributed by atoms with Crippen molar-refractivity contribution in [1.82, 2.24) is 4.98 Å². The Morgan fingerprint density at radius 1 is 1.35 bits per heavy atom. The van der Waals surface area contributed by atoms with Crippen molar-refractivity contribution in [1.29, 1.82) is 0 Å². The average molecular weight is 289 g/mol. The van der Waals surface area contributed by atoms with E-state index in [4.69, 9.17) is 16.3 Å². The molecule has 1 aliphatic carbocycles. The molecule has 1 aromatic carbocycles. The minimum Gasteiger partial charge on any atom is -0.497 e. The van der Waals surface area contributed by atoms with E-state index in [2.05, 4.69) is 22.4 Å². The number of pyridine rings is 1. The molecule has 0 bridgehead atoms. The number of halogens is 1. The van der Waals surface area contributed by atoms with Crippen LogP contribution in [0.2, 0.25) is 5.15 Å². The van der Waals surface area contributed by atoms with Crippen molar-refractivity contribution in [3.63, 3.8) is 0 Å². The molecular weight excluding hydrogens is 272 g/mol. The van der Waals surface area contributed by atoms with Crippen LogP contribution in [0, 0.1) is 6.92 Å². The molecule has 1 atom stereocenters. The smallest absolute Gasteiger partial charge is 0.132 e. The average Bonchev–Trinajstić information content (AvgIpc) is 2.85. The predicted molar refractivity (Wildman–Crippen MR) is 81.7 cm³/mol. The maximum Gasteiger partial charge on any atom is 0.132 e. The highest BCUT2D eigenvalue weighted by Gasteiger charge is 2.23. The van der Waals surface area contributed by atoms with Crippen LogP contribution in [-0.2, 0) is 6.42 Å². The van der Waals surface area contributed by atoms with Crippen LogP contribution in [0.1, 0.15) is 29.2 Å². The molecular formula is C16H17ClN2O. The summed E-state index contributed by atoms with van der Waals surface area (Å²) in [5, 5.41) is 4.10. The number of rotatable bonds is 3. The summed E-state index contributed by atoms with van der Waals surface area (Å²) in [4.78, 5) is 4.19. The van der Waals surface area contributed by atoms with Gasteiger partial charge in [0.1, 0.15) is 10.9 Å². The Kier molecular flexibility index (Phi) is 3.53. The maximum atomic E-state index is 5.96. The van der Waals surface area contributed by atoms with Gasteiger partial charge in [0.2, 0.25) is 0 Å². The number of hydrogen-bond donors (Lipinski definition) is 1. The van der Waals surface area contributed by atoms with Gasteiger partial charge in [-0.2, -0.15) is 0 Å². The topological polar surface area (TPSA) is 34.1 Å². The maximum absolute atomic E-state index is 5.96. The van der Waals surface area contributed by atoms with Gasteiger partial charge in [-0.25, -0.2) is 4.98 Å². The predicted octanol–water partition coefficient (Wildman–Crippen LogP) is 4.15. The molecule has 104 valence electrons. The molecule has 0 saturated carbocycles. The summed E-state index contributed by atoms with van der Waals surface area (Å²) in [5.41, 5.74) is 4.70. The molecule has 0 radical (unpaired) electrons. The molecule has 1 N–H and O–H groups in total. The van der Waals surface area contributed by atoms with Crippen LogP contribution in [-0.4, -0.2) is 12.1 Å². The Bertz CT molecular complexity index is 642. The quantitative estimate of drug-likeness (QED) is 0.862. The molecule has 2 aromatic rings. The Labute approximate surface area is 123 Å². The van der Waals surface area contributed by atoms with E-state index < -0.39 is 0 Å². The summed E-state index contributed by atoms with van der Waals surface area (Å²) in [7, 11) is 1.70. The molecule has 1 aromatic heterocycles. The van der Waals surface area contributed by atoms with Gasteiger partial charge in [0, 0.05) is 0 Å². The lowest BCUT2D eigenvalue weighted by Crippen LogP contribution is -2.07. The molecule has 0 saturated heterocycles. The van der Waals surface area contributed by atoms with Gasteiger partial charge in [-0.05, 0) is 54.7 Å². The molecule has 20 heavy (non-hydrogen) atoms. The van der Waals surface area contributed by atoms with E-state index in [1.807, 2.05) is 19.1 Å². The highest BCUT2D eigenvalue weighted by atomic mass is 35.5. The van der Waals surface area contributed by atoms with E-state index in [-0.39, 0.29) is 0 Å². The highest BCUT2D eigenvalue weighted by Crippen LogP contribution is 2.36. The SMILES string of the molecule is COc1ccc2c(c1)C(Nc1cnc(Cl)c(C)c1)CC2. The first-order valence-corrected chi connectivity index (χ1v) is 7.10. The van der Waals surface area contributed by atoms with Crippen molar-refractivity contribution in [2.75, 3.05) is 12.4 Å². The van der Waals surface area contributed by atoms with Gasteiger partial charge < -0.3 is 10.1 Å². The third kappa shape index (κ3) is 2.46. The van der Waals surface area contributed by atoms with Gasteiger partial charge in [-0.3, -0.25) is 0 Å². The third-order valence-electron chi connectivity index (χ3n) is 3.79. The zero-order valence-corrected chi connectivity index (χ0v) is 12.4. The normalized spacial score (nSPS) is 16.9. The Balaban J connectivity index is 1.85. The first-order valence-electron chi connectivity index (χ1n) is 6.73. The minimum atomic E-state index is 0.308. The van der Waals surface area contributed by atoms with E-state index >= 15 is 0 Å². The second kappa shape index (κ2) is 5.33. The van der Waals surface area contributed by atoms with E-state index in [1.54, 1.807) is 13.3 Å². The molecule has 1 heterocycles. The number of nitrogens with zero attached hydrogens (tertiary/aromatic N) is 1. The van der Waals surface area contributed by atoms with E-state index in [9.17, 15) is 0 Å². The summed E-state index contributed by atoms with van der Waals surface area (Å²) >= 11 is 5.96. The molecule has 0 fully saturated rings. The summed E-state index contributed by atoms with van der Waals surface area (Å²) < 4.78 is 5.32. The zero-order chi connectivity index (χ0) is 14.1. The van der Waals surface area contributed by atoms with Crippen LogP contribution in [0.5, 0.6) is 5.75 Å². The Morgan fingerprint density at radius 3 is 2.95 bits per heavy atom. The second-order valence-corrected chi connectivity index (χ2v) is 5.49. The molecule has 0 amide bonds. The Morgan fingerprint density at radius 2 is 2.20 bits per heavy atom.